The zero-order chi connectivity index (χ0) is 9.26. The van der Waals surface area contributed by atoms with Crippen molar-refractivity contribution in [3.05, 3.63) is 30.2 Å². The molecule has 2 aromatic heterocycles. The lowest BCUT2D eigenvalue weighted by atomic mass is 10.2. The third-order valence-corrected chi connectivity index (χ3v) is 2.34. The zero-order valence-electron chi connectivity index (χ0n) is 7.83. The number of fused-ring (bicyclic) bond motifs is 1. The molecule has 0 radical (unpaired) electrons. The van der Waals surface area contributed by atoms with E-state index in [1.807, 2.05) is 19.3 Å². The lowest BCUT2D eigenvalue weighted by Gasteiger charge is -2.05. The largest absolute Gasteiger partial charge is 0.357 e. The number of hydrogen-bond acceptors (Lipinski definition) is 2. The first-order valence-electron chi connectivity index (χ1n) is 4.41. The predicted molar refractivity (Wildman–Crippen MR) is 53.6 cm³/mol. The molecule has 0 amide bonds. The van der Waals surface area contributed by atoms with Gasteiger partial charge in [0.1, 0.15) is 0 Å². The van der Waals surface area contributed by atoms with E-state index in [9.17, 15) is 0 Å². The average Bonchev–Trinajstić information content (AvgIpc) is 2.59. The van der Waals surface area contributed by atoms with Gasteiger partial charge in [-0.1, -0.05) is 0 Å². The smallest absolute Gasteiger partial charge is 0.0487 e. The van der Waals surface area contributed by atoms with Crippen molar-refractivity contribution in [3.8, 4) is 0 Å². The van der Waals surface area contributed by atoms with Gasteiger partial charge in [-0.2, -0.15) is 0 Å². The topological polar surface area (TPSA) is 40.7 Å². The quantitative estimate of drug-likeness (QED) is 0.731. The van der Waals surface area contributed by atoms with Gasteiger partial charge in [-0.25, -0.2) is 0 Å². The van der Waals surface area contributed by atoms with Gasteiger partial charge in [0, 0.05) is 35.0 Å². The highest BCUT2D eigenvalue weighted by Crippen LogP contribution is 2.17. The maximum absolute atomic E-state index is 4.07. The summed E-state index contributed by atoms with van der Waals surface area (Å²) in [6.07, 6.45) is 3.67. The first kappa shape index (κ1) is 8.26. The van der Waals surface area contributed by atoms with E-state index in [1.165, 1.54) is 11.1 Å². The Balaban J connectivity index is 2.49. The van der Waals surface area contributed by atoms with Crippen LogP contribution in [-0.2, 0) is 0 Å². The second kappa shape index (κ2) is 3.18. The van der Waals surface area contributed by atoms with E-state index in [2.05, 4.69) is 28.3 Å². The van der Waals surface area contributed by atoms with Crippen LogP contribution in [0.1, 0.15) is 18.7 Å². The molecule has 0 aliphatic rings. The minimum Gasteiger partial charge on any atom is -0.357 e. The molecular weight excluding hydrogens is 162 g/mol. The third-order valence-electron chi connectivity index (χ3n) is 2.34. The summed E-state index contributed by atoms with van der Waals surface area (Å²) in [5.74, 6) is 0. The SMILES string of the molecule is CNC(C)c1cc2cnccc2[nH]1. The molecule has 0 saturated carbocycles. The summed E-state index contributed by atoms with van der Waals surface area (Å²) >= 11 is 0. The minimum atomic E-state index is 0.354. The molecule has 0 aliphatic heterocycles. The predicted octanol–water partition coefficient (Wildman–Crippen LogP) is 1.84. The number of aromatic amines is 1. The number of hydrogen-bond donors (Lipinski definition) is 2. The van der Waals surface area contributed by atoms with Crippen LogP contribution in [-0.4, -0.2) is 17.0 Å². The van der Waals surface area contributed by atoms with Gasteiger partial charge in [-0.15, -0.1) is 0 Å². The molecule has 1 atom stereocenters. The highest BCUT2D eigenvalue weighted by molar-refractivity contribution is 5.79. The lowest BCUT2D eigenvalue weighted by molar-refractivity contribution is 0.638. The summed E-state index contributed by atoms with van der Waals surface area (Å²) in [5.41, 5.74) is 2.35. The number of H-pyrrole nitrogens is 1. The number of nitrogens with one attached hydrogen (secondary N) is 2. The van der Waals surface area contributed by atoms with Crippen molar-refractivity contribution in [1.29, 1.82) is 0 Å². The highest BCUT2D eigenvalue weighted by atomic mass is 14.9. The Labute approximate surface area is 77.2 Å². The Bertz CT molecular complexity index is 372. The van der Waals surface area contributed by atoms with E-state index >= 15 is 0 Å². The van der Waals surface area contributed by atoms with Crippen LogP contribution >= 0.6 is 0 Å². The Morgan fingerprint density at radius 3 is 3.08 bits per heavy atom. The Kier molecular flexibility index (Phi) is 2.02. The van der Waals surface area contributed by atoms with Gasteiger partial charge in [-0.05, 0) is 26.1 Å². The fraction of sp³-hybridized carbons (Fsp3) is 0.300. The van der Waals surface area contributed by atoms with Gasteiger partial charge in [0.2, 0.25) is 0 Å². The van der Waals surface area contributed by atoms with Crippen LogP contribution in [0.4, 0.5) is 0 Å². The first-order chi connectivity index (χ1) is 6.31. The van der Waals surface area contributed by atoms with Gasteiger partial charge in [0.05, 0.1) is 0 Å². The molecule has 0 fully saturated rings. The van der Waals surface area contributed by atoms with Crippen LogP contribution in [0.5, 0.6) is 0 Å². The van der Waals surface area contributed by atoms with Crippen molar-refractivity contribution in [2.45, 2.75) is 13.0 Å². The molecule has 0 aromatic carbocycles. The van der Waals surface area contributed by atoms with Gasteiger partial charge < -0.3 is 10.3 Å². The summed E-state index contributed by atoms with van der Waals surface area (Å²) in [7, 11) is 1.95. The second-order valence-electron chi connectivity index (χ2n) is 3.20. The highest BCUT2D eigenvalue weighted by Gasteiger charge is 2.05. The maximum Gasteiger partial charge on any atom is 0.0487 e. The number of pyridine rings is 1. The summed E-state index contributed by atoms with van der Waals surface area (Å²) in [6.45, 7) is 2.12. The molecule has 3 heteroatoms. The Morgan fingerprint density at radius 1 is 1.54 bits per heavy atom. The van der Waals surface area contributed by atoms with E-state index in [0.29, 0.717) is 6.04 Å². The molecule has 0 saturated heterocycles. The monoisotopic (exact) mass is 175 g/mol. The molecule has 1 unspecified atom stereocenters. The van der Waals surface area contributed by atoms with Crippen molar-refractivity contribution in [2.24, 2.45) is 0 Å². The molecule has 13 heavy (non-hydrogen) atoms. The molecule has 68 valence electrons. The van der Waals surface area contributed by atoms with Gasteiger partial charge >= 0.3 is 0 Å². The second-order valence-corrected chi connectivity index (χ2v) is 3.20. The first-order valence-corrected chi connectivity index (χ1v) is 4.41. The van der Waals surface area contributed by atoms with E-state index in [1.54, 1.807) is 6.20 Å². The third kappa shape index (κ3) is 1.42. The van der Waals surface area contributed by atoms with Crippen molar-refractivity contribution in [3.63, 3.8) is 0 Å². The fourth-order valence-electron chi connectivity index (χ4n) is 1.38. The normalized spacial score (nSPS) is 13.4. The summed E-state index contributed by atoms with van der Waals surface area (Å²) in [5, 5.41) is 4.36. The maximum atomic E-state index is 4.07. The van der Waals surface area contributed by atoms with Gasteiger partial charge in [0.15, 0.2) is 0 Å². The molecule has 0 spiro atoms. The molecule has 0 bridgehead atoms. The van der Waals surface area contributed by atoms with Crippen molar-refractivity contribution < 1.29 is 0 Å². The number of rotatable bonds is 2. The number of nitrogens with zero attached hydrogens (tertiary/aromatic N) is 1. The summed E-state index contributed by atoms with van der Waals surface area (Å²) in [4.78, 5) is 7.41. The molecular formula is C10H13N3. The van der Waals surface area contributed by atoms with Crippen LogP contribution in [0.15, 0.2) is 24.5 Å². The van der Waals surface area contributed by atoms with Crippen molar-refractivity contribution in [2.75, 3.05) is 7.05 Å². The van der Waals surface area contributed by atoms with Crippen molar-refractivity contribution >= 4 is 10.9 Å². The summed E-state index contributed by atoms with van der Waals surface area (Å²) < 4.78 is 0. The molecule has 0 aliphatic carbocycles. The Hall–Kier alpha value is -1.35. The lowest BCUT2D eigenvalue weighted by Crippen LogP contribution is -2.12. The minimum absolute atomic E-state index is 0.354. The average molecular weight is 175 g/mol. The van der Waals surface area contributed by atoms with Crippen LogP contribution in [0, 0.1) is 0 Å². The standard InChI is InChI=1S/C10H13N3/c1-7(11-2)10-5-8-6-12-4-3-9(8)13-10/h3-7,11,13H,1-2H3. The summed E-state index contributed by atoms with van der Waals surface area (Å²) in [6, 6.07) is 4.47. The number of aromatic nitrogens is 2. The molecule has 2 heterocycles. The van der Waals surface area contributed by atoms with Crippen LogP contribution < -0.4 is 5.32 Å². The van der Waals surface area contributed by atoms with Gasteiger partial charge in [0.25, 0.3) is 0 Å². The van der Waals surface area contributed by atoms with E-state index in [4.69, 9.17) is 0 Å². The van der Waals surface area contributed by atoms with Gasteiger partial charge in [-0.3, -0.25) is 4.98 Å². The molecule has 2 aromatic rings. The molecule has 2 rings (SSSR count). The fourth-order valence-corrected chi connectivity index (χ4v) is 1.38. The van der Waals surface area contributed by atoms with Crippen LogP contribution in [0.2, 0.25) is 0 Å². The Morgan fingerprint density at radius 2 is 2.38 bits per heavy atom. The molecule has 2 N–H and O–H groups in total. The van der Waals surface area contributed by atoms with Crippen molar-refractivity contribution in [1.82, 2.24) is 15.3 Å². The molecule has 3 nitrogen and oxygen atoms in total. The van der Waals surface area contributed by atoms with E-state index in [-0.39, 0.29) is 0 Å². The zero-order valence-corrected chi connectivity index (χ0v) is 7.83. The van der Waals surface area contributed by atoms with Crippen LogP contribution in [0.3, 0.4) is 0 Å². The van der Waals surface area contributed by atoms with Crippen LogP contribution in [0.25, 0.3) is 10.9 Å². The van der Waals surface area contributed by atoms with E-state index < -0.39 is 0 Å². The van der Waals surface area contributed by atoms with E-state index in [0.717, 1.165) is 5.52 Å².